The van der Waals surface area contributed by atoms with Gasteiger partial charge in [0.1, 0.15) is 11.3 Å². The average Bonchev–Trinajstić information content (AvgIpc) is 3.04. The first-order valence-electron chi connectivity index (χ1n) is 9.71. The highest BCUT2D eigenvalue weighted by atomic mass is 16.3. The van der Waals surface area contributed by atoms with E-state index in [1.54, 1.807) is 53.4 Å². The van der Waals surface area contributed by atoms with Crippen LogP contribution < -0.4 is 10.3 Å². The monoisotopic (exact) mass is 397 g/mol. The Morgan fingerprint density at radius 1 is 0.900 bits per heavy atom. The highest BCUT2D eigenvalue weighted by Crippen LogP contribution is 2.41. The van der Waals surface area contributed by atoms with Crippen LogP contribution in [0.25, 0.3) is 11.0 Å². The molecule has 2 heterocycles. The Balaban J connectivity index is 1.81. The SMILES string of the molecule is Cc1ccc(N2C(=O)c3oc4ccccc4c(=O)c3C2c2ccc(O)cc2)cc1C. The molecule has 4 aromatic rings. The summed E-state index contributed by atoms with van der Waals surface area (Å²) < 4.78 is 5.94. The van der Waals surface area contributed by atoms with Gasteiger partial charge in [0.2, 0.25) is 5.76 Å². The standard InChI is InChI=1S/C25H19NO4/c1-14-7-10-17(13-15(14)2)26-22(16-8-11-18(27)12-9-16)21-23(28)19-5-3-4-6-20(19)30-24(21)25(26)29/h3-13,22,27H,1-2H3. The Morgan fingerprint density at radius 2 is 1.63 bits per heavy atom. The Hall–Kier alpha value is -3.86. The van der Waals surface area contributed by atoms with Crippen molar-refractivity contribution in [3.63, 3.8) is 0 Å². The number of carbonyl (C=O) groups excluding carboxylic acids is 1. The van der Waals surface area contributed by atoms with Gasteiger partial charge in [-0.3, -0.25) is 14.5 Å². The average molecular weight is 397 g/mol. The van der Waals surface area contributed by atoms with Gasteiger partial charge in [0.25, 0.3) is 5.91 Å². The van der Waals surface area contributed by atoms with Crippen molar-refractivity contribution in [2.24, 2.45) is 0 Å². The minimum Gasteiger partial charge on any atom is -0.508 e. The lowest BCUT2D eigenvalue weighted by molar-refractivity contribution is 0.0971. The summed E-state index contributed by atoms with van der Waals surface area (Å²) in [6.07, 6.45) is 0. The van der Waals surface area contributed by atoms with Crippen molar-refractivity contribution in [2.75, 3.05) is 4.90 Å². The molecule has 5 rings (SSSR count). The van der Waals surface area contributed by atoms with E-state index in [2.05, 4.69) is 0 Å². The molecule has 1 aromatic heterocycles. The number of rotatable bonds is 2. The topological polar surface area (TPSA) is 70.8 Å². The molecule has 1 N–H and O–H groups in total. The molecule has 0 fully saturated rings. The van der Waals surface area contributed by atoms with Crippen molar-refractivity contribution < 1.29 is 14.3 Å². The highest BCUT2D eigenvalue weighted by molar-refractivity contribution is 6.10. The number of hydrogen-bond donors (Lipinski definition) is 1. The summed E-state index contributed by atoms with van der Waals surface area (Å²) in [5.41, 5.74) is 4.07. The van der Waals surface area contributed by atoms with Gasteiger partial charge in [-0.25, -0.2) is 0 Å². The maximum Gasteiger partial charge on any atom is 0.295 e. The first-order chi connectivity index (χ1) is 14.5. The van der Waals surface area contributed by atoms with Gasteiger partial charge in [-0.1, -0.05) is 30.3 Å². The normalized spacial score (nSPS) is 15.6. The second-order valence-corrected chi connectivity index (χ2v) is 7.61. The van der Waals surface area contributed by atoms with E-state index in [0.717, 1.165) is 16.7 Å². The van der Waals surface area contributed by atoms with Gasteiger partial charge >= 0.3 is 0 Å². The van der Waals surface area contributed by atoms with Crippen LogP contribution in [-0.4, -0.2) is 11.0 Å². The fourth-order valence-electron chi connectivity index (χ4n) is 4.03. The maximum absolute atomic E-state index is 13.5. The number of nitrogens with zero attached hydrogens (tertiary/aromatic N) is 1. The largest absolute Gasteiger partial charge is 0.508 e. The van der Waals surface area contributed by atoms with E-state index in [9.17, 15) is 14.7 Å². The molecule has 30 heavy (non-hydrogen) atoms. The van der Waals surface area contributed by atoms with Gasteiger partial charge in [0.05, 0.1) is 17.0 Å². The molecule has 0 aliphatic carbocycles. The summed E-state index contributed by atoms with van der Waals surface area (Å²) in [7, 11) is 0. The lowest BCUT2D eigenvalue weighted by atomic mass is 9.98. The molecule has 1 aliphatic rings. The Labute approximate surface area is 172 Å². The number of phenolic OH excluding ortho intramolecular Hbond substituents is 1. The number of para-hydroxylation sites is 1. The molecule has 1 aliphatic heterocycles. The Morgan fingerprint density at radius 3 is 2.37 bits per heavy atom. The fourth-order valence-corrected chi connectivity index (χ4v) is 4.03. The fraction of sp³-hybridized carbons (Fsp3) is 0.120. The van der Waals surface area contributed by atoms with Crippen molar-refractivity contribution in [3.05, 3.63) is 105 Å². The zero-order chi connectivity index (χ0) is 21.0. The van der Waals surface area contributed by atoms with E-state index in [0.29, 0.717) is 22.2 Å². The minimum absolute atomic E-state index is 0.0648. The third-order valence-corrected chi connectivity index (χ3v) is 5.76. The number of aryl methyl sites for hydroxylation is 2. The van der Waals surface area contributed by atoms with Crippen molar-refractivity contribution >= 4 is 22.6 Å². The van der Waals surface area contributed by atoms with Crippen LogP contribution in [0.1, 0.15) is 38.9 Å². The lowest BCUT2D eigenvalue weighted by Gasteiger charge is -2.26. The van der Waals surface area contributed by atoms with E-state index in [1.807, 2.05) is 32.0 Å². The lowest BCUT2D eigenvalue weighted by Crippen LogP contribution is -2.29. The summed E-state index contributed by atoms with van der Waals surface area (Å²) in [6.45, 7) is 3.99. The quantitative estimate of drug-likeness (QED) is 0.524. The van der Waals surface area contributed by atoms with Crippen molar-refractivity contribution in [2.45, 2.75) is 19.9 Å². The predicted octanol–water partition coefficient (Wildman–Crippen LogP) is 4.87. The van der Waals surface area contributed by atoms with Gasteiger partial charge < -0.3 is 9.52 Å². The molecule has 1 amide bonds. The number of fused-ring (bicyclic) bond motifs is 2. The summed E-state index contributed by atoms with van der Waals surface area (Å²) in [4.78, 5) is 28.5. The molecule has 1 unspecified atom stereocenters. The molecule has 5 nitrogen and oxygen atoms in total. The van der Waals surface area contributed by atoms with Crippen LogP contribution in [0.3, 0.4) is 0 Å². The second-order valence-electron chi connectivity index (χ2n) is 7.61. The summed E-state index contributed by atoms with van der Waals surface area (Å²) in [5.74, 6) is -0.171. The van der Waals surface area contributed by atoms with Crippen LogP contribution in [0.4, 0.5) is 5.69 Å². The summed E-state index contributed by atoms with van der Waals surface area (Å²) in [6, 6.07) is 18.7. The maximum atomic E-state index is 13.5. The molecule has 0 spiro atoms. The molecular weight excluding hydrogens is 378 g/mol. The molecule has 0 bridgehead atoms. The van der Waals surface area contributed by atoms with Crippen molar-refractivity contribution in [1.82, 2.24) is 0 Å². The molecule has 0 saturated carbocycles. The zero-order valence-corrected chi connectivity index (χ0v) is 16.5. The van der Waals surface area contributed by atoms with E-state index in [-0.39, 0.29) is 22.8 Å². The van der Waals surface area contributed by atoms with Crippen LogP contribution in [0.15, 0.2) is 75.9 Å². The van der Waals surface area contributed by atoms with Gasteiger partial charge in [0, 0.05) is 5.69 Å². The zero-order valence-electron chi connectivity index (χ0n) is 16.5. The minimum atomic E-state index is -0.643. The van der Waals surface area contributed by atoms with Gasteiger partial charge in [-0.15, -0.1) is 0 Å². The Bertz CT molecular complexity index is 1370. The smallest absolute Gasteiger partial charge is 0.295 e. The second kappa shape index (κ2) is 6.59. The number of benzene rings is 3. The first kappa shape index (κ1) is 18.2. The molecule has 148 valence electrons. The van der Waals surface area contributed by atoms with E-state index >= 15 is 0 Å². The van der Waals surface area contributed by atoms with Crippen LogP contribution in [-0.2, 0) is 0 Å². The van der Waals surface area contributed by atoms with Gasteiger partial charge in [0.15, 0.2) is 5.43 Å². The number of carbonyl (C=O) groups is 1. The molecule has 1 atom stereocenters. The van der Waals surface area contributed by atoms with Crippen molar-refractivity contribution in [1.29, 1.82) is 0 Å². The van der Waals surface area contributed by atoms with Crippen LogP contribution in [0.5, 0.6) is 5.75 Å². The van der Waals surface area contributed by atoms with Crippen LogP contribution in [0, 0.1) is 13.8 Å². The molecular formula is C25H19NO4. The molecule has 3 aromatic carbocycles. The summed E-state index contributed by atoms with van der Waals surface area (Å²) >= 11 is 0. The van der Waals surface area contributed by atoms with Gasteiger partial charge in [-0.2, -0.15) is 0 Å². The summed E-state index contributed by atoms with van der Waals surface area (Å²) in [5, 5.41) is 10.2. The molecule has 0 saturated heterocycles. The number of aromatic hydroxyl groups is 1. The third-order valence-electron chi connectivity index (χ3n) is 5.76. The van der Waals surface area contributed by atoms with E-state index < -0.39 is 6.04 Å². The number of phenols is 1. The first-order valence-corrected chi connectivity index (χ1v) is 9.71. The van der Waals surface area contributed by atoms with E-state index in [1.165, 1.54) is 0 Å². The third kappa shape index (κ3) is 2.63. The highest BCUT2D eigenvalue weighted by Gasteiger charge is 2.43. The Kier molecular flexibility index (Phi) is 4.00. The number of anilines is 1. The molecule has 0 radical (unpaired) electrons. The number of amides is 1. The van der Waals surface area contributed by atoms with E-state index in [4.69, 9.17) is 4.42 Å². The predicted molar refractivity (Wildman–Crippen MR) is 115 cm³/mol. The van der Waals surface area contributed by atoms with Crippen LogP contribution >= 0.6 is 0 Å². The van der Waals surface area contributed by atoms with Crippen LogP contribution in [0.2, 0.25) is 0 Å². The number of hydrogen-bond acceptors (Lipinski definition) is 4. The van der Waals surface area contributed by atoms with Crippen molar-refractivity contribution in [3.8, 4) is 5.75 Å². The van der Waals surface area contributed by atoms with Gasteiger partial charge in [-0.05, 0) is 66.9 Å². The molecule has 5 heteroatoms.